The lowest BCUT2D eigenvalue weighted by molar-refractivity contribution is -0.0158. The van der Waals surface area contributed by atoms with Gasteiger partial charge in [0.25, 0.3) is 5.91 Å². The van der Waals surface area contributed by atoms with Crippen LogP contribution in [0, 0.1) is 0 Å². The third-order valence-electron chi connectivity index (χ3n) is 9.36. The largest absolute Gasteiger partial charge is 0.506 e. The normalized spacial score (nSPS) is 14.9. The molecule has 0 aliphatic carbocycles. The van der Waals surface area contributed by atoms with E-state index in [2.05, 4.69) is 25.8 Å². The molecule has 264 valence electrons. The number of carbonyl (C=O) groups is 2. The van der Waals surface area contributed by atoms with E-state index in [1.807, 2.05) is 73.7 Å². The number of para-hydroxylation sites is 1. The highest BCUT2D eigenvalue weighted by molar-refractivity contribution is 5.94. The standard InChI is InChI=1S/C40H43N5O6/c1-40(51-39(50)43-33-10-6-5-9-30(33)28-7-3-2-4-8-28)19-22-45(23-20-40)24-21-42-38(49)29-13-11-27(12-14-29)25-41-26-35(47)31-15-17-34(46)37-32(31)16-18-36(48)44-37/h2-18,35,41,46-47H,19-26H2,1H3,(H,42,49)(H,43,50)(H,44,48)/t35-/m1/s1. The molecular formula is C40H43N5O6. The van der Waals surface area contributed by atoms with Crippen molar-refractivity contribution < 1.29 is 24.5 Å². The van der Waals surface area contributed by atoms with Gasteiger partial charge in [0.1, 0.15) is 11.4 Å². The van der Waals surface area contributed by atoms with E-state index < -0.39 is 17.8 Å². The van der Waals surface area contributed by atoms with Crippen LogP contribution in [0.25, 0.3) is 22.0 Å². The number of likely N-dealkylation sites (tertiary alicyclic amines) is 1. The van der Waals surface area contributed by atoms with Crippen LogP contribution in [-0.2, 0) is 11.3 Å². The van der Waals surface area contributed by atoms with Gasteiger partial charge in [0.05, 0.1) is 17.3 Å². The van der Waals surface area contributed by atoms with Crippen molar-refractivity contribution in [3.63, 3.8) is 0 Å². The zero-order valence-corrected chi connectivity index (χ0v) is 28.5. The molecule has 0 bridgehead atoms. The maximum atomic E-state index is 12.9. The van der Waals surface area contributed by atoms with Crippen molar-refractivity contribution in [1.29, 1.82) is 0 Å². The van der Waals surface area contributed by atoms with Crippen molar-refractivity contribution in [3.8, 4) is 16.9 Å². The van der Waals surface area contributed by atoms with E-state index in [-0.39, 0.29) is 23.8 Å². The summed E-state index contributed by atoms with van der Waals surface area (Å²) in [5.74, 6) is -0.208. The topological polar surface area (TPSA) is 156 Å². The Bertz CT molecular complexity index is 2020. The van der Waals surface area contributed by atoms with Gasteiger partial charge in [-0.3, -0.25) is 14.9 Å². The third-order valence-corrected chi connectivity index (χ3v) is 9.36. The molecule has 1 aliphatic rings. The number of rotatable bonds is 12. The number of hydrogen-bond acceptors (Lipinski definition) is 8. The van der Waals surface area contributed by atoms with E-state index in [0.717, 1.165) is 29.8 Å². The number of aromatic amines is 1. The fraction of sp³-hybridized carbons (Fsp3) is 0.275. The van der Waals surface area contributed by atoms with Crippen LogP contribution in [0.5, 0.6) is 5.75 Å². The number of amides is 2. The van der Waals surface area contributed by atoms with Gasteiger partial charge in [-0.15, -0.1) is 0 Å². The van der Waals surface area contributed by atoms with E-state index in [0.29, 0.717) is 60.2 Å². The summed E-state index contributed by atoms with van der Waals surface area (Å²) in [4.78, 5) is 42.3. The monoisotopic (exact) mass is 689 g/mol. The first-order valence-electron chi connectivity index (χ1n) is 17.2. The Morgan fingerprint density at radius 1 is 0.922 bits per heavy atom. The lowest BCUT2D eigenvalue weighted by Gasteiger charge is -2.38. The summed E-state index contributed by atoms with van der Waals surface area (Å²) in [7, 11) is 0. The Labute approximate surface area is 296 Å². The minimum absolute atomic E-state index is 0.0551. The van der Waals surface area contributed by atoms with E-state index in [1.54, 1.807) is 24.3 Å². The highest BCUT2D eigenvalue weighted by atomic mass is 16.6. The number of ether oxygens (including phenoxy) is 1. The van der Waals surface area contributed by atoms with E-state index >= 15 is 0 Å². The summed E-state index contributed by atoms with van der Waals surface area (Å²) in [6, 6.07) is 30.9. The van der Waals surface area contributed by atoms with Crippen LogP contribution in [0.3, 0.4) is 0 Å². The molecule has 1 aromatic heterocycles. The Hall–Kier alpha value is -5.49. The molecule has 0 spiro atoms. The smallest absolute Gasteiger partial charge is 0.412 e. The van der Waals surface area contributed by atoms with E-state index in [4.69, 9.17) is 4.74 Å². The Balaban J connectivity index is 0.902. The van der Waals surface area contributed by atoms with Gasteiger partial charge in [-0.25, -0.2) is 4.79 Å². The molecule has 4 aromatic carbocycles. The van der Waals surface area contributed by atoms with Crippen molar-refractivity contribution in [2.75, 3.05) is 38.0 Å². The molecule has 11 heteroatoms. The highest BCUT2D eigenvalue weighted by Gasteiger charge is 2.34. The minimum atomic E-state index is -0.863. The highest BCUT2D eigenvalue weighted by Crippen LogP contribution is 2.31. The van der Waals surface area contributed by atoms with Gasteiger partial charge < -0.3 is 35.5 Å². The predicted octanol–water partition coefficient (Wildman–Crippen LogP) is 5.56. The van der Waals surface area contributed by atoms with Crippen molar-refractivity contribution >= 4 is 28.6 Å². The molecule has 2 amide bonds. The van der Waals surface area contributed by atoms with Crippen LogP contribution in [0.1, 0.15) is 47.4 Å². The first-order chi connectivity index (χ1) is 24.7. The predicted molar refractivity (Wildman–Crippen MR) is 198 cm³/mol. The van der Waals surface area contributed by atoms with Crippen molar-refractivity contribution in [1.82, 2.24) is 20.5 Å². The number of aromatic nitrogens is 1. The molecule has 1 aliphatic heterocycles. The number of nitrogens with zero attached hydrogens (tertiary/aromatic N) is 1. The summed E-state index contributed by atoms with van der Waals surface area (Å²) in [6.07, 6.45) is 0.0442. The van der Waals surface area contributed by atoms with Gasteiger partial charge in [0.2, 0.25) is 5.56 Å². The zero-order valence-electron chi connectivity index (χ0n) is 28.5. The second kappa shape index (κ2) is 16.0. The number of anilines is 1. The first kappa shape index (κ1) is 35.3. The molecular weight excluding hydrogens is 646 g/mol. The van der Waals surface area contributed by atoms with E-state index in [1.165, 1.54) is 12.1 Å². The van der Waals surface area contributed by atoms with Crippen LogP contribution in [-0.4, -0.2) is 70.4 Å². The SMILES string of the molecule is CC1(OC(=O)Nc2ccccc2-c2ccccc2)CCN(CCNC(=O)c2ccc(CNC[C@@H](O)c3ccc(O)c4[nH]c(=O)ccc34)cc2)CC1. The quantitative estimate of drug-likeness (QED) is 0.0996. The van der Waals surface area contributed by atoms with Crippen molar-refractivity contribution in [2.24, 2.45) is 0 Å². The Morgan fingerprint density at radius 3 is 2.41 bits per heavy atom. The molecule has 6 rings (SSSR count). The minimum Gasteiger partial charge on any atom is -0.506 e. The molecule has 0 radical (unpaired) electrons. The van der Waals surface area contributed by atoms with Crippen LogP contribution >= 0.6 is 0 Å². The van der Waals surface area contributed by atoms with Crippen LogP contribution in [0.4, 0.5) is 10.5 Å². The lowest BCUT2D eigenvalue weighted by atomic mass is 9.93. The second-order valence-corrected chi connectivity index (χ2v) is 13.1. The number of carbonyl (C=O) groups excluding carboxylic acids is 2. The third kappa shape index (κ3) is 9.01. The maximum Gasteiger partial charge on any atom is 0.412 e. The number of hydrogen-bond donors (Lipinski definition) is 6. The molecule has 0 unspecified atom stereocenters. The number of fused-ring (bicyclic) bond motifs is 1. The summed E-state index contributed by atoms with van der Waals surface area (Å²) < 4.78 is 5.93. The molecule has 6 N–H and O–H groups in total. The molecule has 1 saturated heterocycles. The molecule has 0 saturated carbocycles. The number of nitrogens with one attached hydrogen (secondary N) is 4. The van der Waals surface area contributed by atoms with Gasteiger partial charge in [0, 0.05) is 61.8 Å². The Morgan fingerprint density at radius 2 is 1.65 bits per heavy atom. The van der Waals surface area contributed by atoms with Gasteiger partial charge >= 0.3 is 6.09 Å². The van der Waals surface area contributed by atoms with Crippen molar-refractivity contribution in [2.45, 2.75) is 38.0 Å². The fourth-order valence-corrected chi connectivity index (χ4v) is 6.39. The van der Waals surface area contributed by atoms with Gasteiger partial charge in [-0.2, -0.15) is 0 Å². The number of phenolic OH excluding ortho intramolecular Hbond substituents is 1. The molecule has 1 fully saturated rings. The first-order valence-corrected chi connectivity index (χ1v) is 17.2. The number of pyridine rings is 1. The molecule has 5 aromatic rings. The van der Waals surface area contributed by atoms with Crippen LogP contribution in [0.2, 0.25) is 0 Å². The maximum absolute atomic E-state index is 12.9. The summed E-state index contributed by atoms with van der Waals surface area (Å²) >= 11 is 0. The lowest BCUT2D eigenvalue weighted by Crippen LogP contribution is -2.47. The fourth-order valence-electron chi connectivity index (χ4n) is 6.39. The van der Waals surface area contributed by atoms with Gasteiger partial charge in [-0.1, -0.05) is 66.7 Å². The van der Waals surface area contributed by atoms with E-state index in [9.17, 15) is 24.6 Å². The molecule has 11 nitrogen and oxygen atoms in total. The number of aliphatic hydroxyl groups is 1. The summed E-state index contributed by atoms with van der Waals surface area (Å²) in [6.45, 7) is 5.38. The number of piperidine rings is 1. The number of benzene rings is 4. The molecule has 2 heterocycles. The second-order valence-electron chi connectivity index (χ2n) is 13.1. The van der Waals surface area contributed by atoms with Gasteiger partial charge in [-0.05, 0) is 66.8 Å². The van der Waals surface area contributed by atoms with Gasteiger partial charge in [0.15, 0.2) is 0 Å². The summed E-state index contributed by atoms with van der Waals surface area (Å²) in [5, 5.41) is 30.6. The number of aromatic hydroxyl groups is 1. The Kier molecular flexibility index (Phi) is 11.1. The number of aliphatic hydroxyl groups excluding tert-OH is 1. The number of phenols is 1. The average molecular weight is 690 g/mol. The molecule has 51 heavy (non-hydrogen) atoms. The number of H-pyrrole nitrogens is 1. The van der Waals surface area contributed by atoms with Crippen LogP contribution in [0.15, 0.2) is 108 Å². The van der Waals surface area contributed by atoms with Crippen molar-refractivity contribution in [3.05, 3.63) is 130 Å². The zero-order chi connectivity index (χ0) is 35.8. The average Bonchev–Trinajstić information content (AvgIpc) is 3.13. The molecule has 1 atom stereocenters. The van der Waals surface area contributed by atoms with Crippen LogP contribution < -0.4 is 21.5 Å². The summed E-state index contributed by atoms with van der Waals surface area (Å²) in [5.41, 5.74) is 4.13.